The molecule has 1 heterocycles. The molecule has 0 bridgehead atoms. The van der Waals surface area contributed by atoms with Gasteiger partial charge in [-0.05, 0) is 43.0 Å². The quantitative estimate of drug-likeness (QED) is 0.163. The molecule has 206 valence electrons. The van der Waals surface area contributed by atoms with E-state index in [1.807, 2.05) is 24.3 Å². The van der Waals surface area contributed by atoms with Gasteiger partial charge in [-0.1, -0.05) is 100.0 Å². The van der Waals surface area contributed by atoms with Gasteiger partial charge in [-0.15, -0.1) is 0 Å². The Kier molecular flexibility index (Phi) is 10.3. The normalized spacial score (nSPS) is 11.6. The molecule has 4 rings (SSSR count). The van der Waals surface area contributed by atoms with Gasteiger partial charge < -0.3 is 9.30 Å². The summed E-state index contributed by atoms with van der Waals surface area (Å²) in [5.41, 5.74) is 5.50. The molecule has 4 aromatic rings. The summed E-state index contributed by atoms with van der Waals surface area (Å²) in [5, 5.41) is 0. The highest BCUT2D eigenvalue weighted by Gasteiger charge is 2.22. The van der Waals surface area contributed by atoms with Crippen molar-refractivity contribution in [2.24, 2.45) is 5.92 Å². The maximum absolute atomic E-state index is 12.6. The first-order valence-corrected chi connectivity index (χ1v) is 13.9. The second kappa shape index (κ2) is 14.0. The van der Waals surface area contributed by atoms with Crippen LogP contribution in [0.15, 0.2) is 84.9 Å². The van der Waals surface area contributed by atoms with E-state index in [1.54, 1.807) is 12.1 Å². The van der Waals surface area contributed by atoms with Crippen LogP contribution in [0.5, 0.6) is 5.75 Å². The number of aromatic nitrogens is 2. The van der Waals surface area contributed by atoms with Crippen molar-refractivity contribution < 1.29 is 13.5 Å². The maximum atomic E-state index is 12.6. The number of rotatable bonds is 14. The fraction of sp³-hybridized carbons (Fsp3) is 0.364. The number of ether oxygens (including phenoxy) is 1. The molecule has 0 amide bonds. The minimum atomic E-state index is -2.82. The van der Waals surface area contributed by atoms with Gasteiger partial charge in [0.1, 0.15) is 11.6 Å². The predicted molar refractivity (Wildman–Crippen MR) is 155 cm³/mol. The van der Waals surface area contributed by atoms with Crippen LogP contribution in [0.25, 0.3) is 22.6 Å². The number of hydrogen-bond acceptors (Lipinski definition) is 3. The standard InChI is InChI=1S/C33H39F2N3O/c1-4-5-21-38-30(31(27-12-8-6-9-13-27)36-32(38)28-14-10-7-11-15-28)24-37(22-20-25(2)3)23-26-16-18-29(19-17-26)39-33(34)35/h6-19,25,33H,4-5,20-24H2,1-3H3. The summed E-state index contributed by atoms with van der Waals surface area (Å²) in [5.74, 6) is 1.74. The highest BCUT2D eigenvalue weighted by molar-refractivity contribution is 5.68. The second-order valence-corrected chi connectivity index (χ2v) is 10.4. The largest absolute Gasteiger partial charge is 0.435 e. The van der Waals surface area contributed by atoms with Crippen LogP contribution in [-0.4, -0.2) is 27.6 Å². The molecule has 4 nitrogen and oxygen atoms in total. The number of alkyl halides is 2. The van der Waals surface area contributed by atoms with Gasteiger partial charge in [0.25, 0.3) is 0 Å². The third-order valence-electron chi connectivity index (χ3n) is 6.84. The van der Waals surface area contributed by atoms with E-state index >= 15 is 0 Å². The zero-order valence-electron chi connectivity index (χ0n) is 23.2. The Morgan fingerprint density at radius 1 is 0.846 bits per heavy atom. The van der Waals surface area contributed by atoms with E-state index in [0.717, 1.165) is 67.1 Å². The van der Waals surface area contributed by atoms with E-state index in [0.29, 0.717) is 12.5 Å². The van der Waals surface area contributed by atoms with E-state index < -0.39 is 6.61 Å². The topological polar surface area (TPSA) is 30.3 Å². The van der Waals surface area contributed by atoms with E-state index in [-0.39, 0.29) is 5.75 Å². The fourth-order valence-electron chi connectivity index (χ4n) is 4.74. The summed E-state index contributed by atoms with van der Waals surface area (Å²) in [4.78, 5) is 7.69. The first-order valence-electron chi connectivity index (χ1n) is 13.9. The van der Waals surface area contributed by atoms with Gasteiger partial charge in [0, 0.05) is 30.8 Å². The molecule has 3 aromatic carbocycles. The van der Waals surface area contributed by atoms with Crippen LogP contribution in [0, 0.1) is 5.92 Å². The van der Waals surface area contributed by atoms with Crippen molar-refractivity contribution in [3.05, 3.63) is 96.2 Å². The molecule has 0 fully saturated rings. The predicted octanol–water partition coefficient (Wildman–Crippen LogP) is 8.67. The van der Waals surface area contributed by atoms with Gasteiger partial charge in [-0.25, -0.2) is 4.98 Å². The Hall–Kier alpha value is -3.51. The zero-order valence-corrected chi connectivity index (χ0v) is 23.2. The third-order valence-corrected chi connectivity index (χ3v) is 6.84. The minimum Gasteiger partial charge on any atom is -0.435 e. The lowest BCUT2D eigenvalue weighted by molar-refractivity contribution is -0.0498. The van der Waals surface area contributed by atoms with Crippen LogP contribution in [-0.2, 0) is 19.6 Å². The Labute approximate surface area is 231 Å². The van der Waals surface area contributed by atoms with E-state index in [4.69, 9.17) is 4.98 Å². The van der Waals surface area contributed by atoms with Gasteiger partial charge in [-0.3, -0.25) is 4.90 Å². The van der Waals surface area contributed by atoms with Gasteiger partial charge >= 0.3 is 6.61 Å². The highest BCUT2D eigenvalue weighted by Crippen LogP contribution is 2.31. The summed E-state index contributed by atoms with van der Waals surface area (Å²) in [6.45, 7) is 7.12. The van der Waals surface area contributed by atoms with Gasteiger partial charge in [0.2, 0.25) is 0 Å². The average Bonchev–Trinajstić information content (AvgIpc) is 3.30. The van der Waals surface area contributed by atoms with E-state index in [1.165, 1.54) is 5.69 Å². The Bertz CT molecular complexity index is 1270. The van der Waals surface area contributed by atoms with Crippen molar-refractivity contribution in [1.82, 2.24) is 14.5 Å². The molecule has 1 aromatic heterocycles. The lowest BCUT2D eigenvalue weighted by atomic mass is 10.1. The number of nitrogens with zero attached hydrogens (tertiary/aromatic N) is 3. The zero-order chi connectivity index (χ0) is 27.6. The summed E-state index contributed by atoms with van der Waals surface area (Å²) in [7, 11) is 0. The number of halogens is 2. The molecule has 0 saturated carbocycles. The van der Waals surface area contributed by atoms with Crippen molar-refractivity contribution >= 4 is 0 Å². The molecule has 39 heavy (non-hydrogen) atoms. The van der Waals surface area contributed by atoms with Crippen LogP contribution < -0.4 is 4.74 Å². The van der Waals surface area contributed by atoms with Crippen LogP contribution in [0.2, 0.25) is 0 Å². The summed E-state index contributed by atoms with van der Waals surface area (Å²) in [6.07, 6.45) is 3.22. The first kappa shape index (κ1) is 28.5. The monoisotopic (exact) mass is 531 g/mol. The maximum Gasteiger partial charge on any atom is 0.387 e. The molecule has 0 aliphatic rings. The Balaban J connectivity index is 1.73. The molecule has 0 radical (unpaired) electrons. The lowest BCUT2D eigenvalue weighted by Crippen LogP contribution is -2.27. The first-order chi connectivity index (χ1) is 18.9. The third kappa shape index (κ3) is 7.99. The number of hydrogen-bond donors (Lipinski definition) is 0. The van der Waals surface area contributed by atoms with Gasteiger partial charge in [-0.2, -0.15) is 8.78 Å². The van der Waals surface area contributed by atoms with Gasteiger partial charge in [0.05, 0.1) is 11.4 Å². The van der Waals surface area contributed by atoms with Crippen LogP contribution in [0.1, 0.15) is 51.3 Å². The Morgan fingerprint density at radius 3 is 2.08 bits per heavy atom. The SMILES string of the molecule is CCCCn1c(-c2ccccc2)nc(-c2ccccc2)c1CN(CCC(C)C)Cc1ccc(OC(F)F)cc1. The smallest absolute Gasteiger partial charge is 0.387 e. The van der Waals surface area contributed by atoms with Crippen LogP contribution in [0.3, 0.4) is 0 Å². The summed E-state index contributed by atoms with van der Waals surface area (Å²) < 4.78 is 32.2. The van der Waals surface area contributed by atoms with Crippen molar-refractivity contribution in [2.45, 2.75) is 66.3 Å². The summed E-state index contributed by atoms with van der Waals surface area (Å²) >= 11 is 0. The van der Waals surface area contributed by atoms with Crippen LogP contribution in [0.4, 0.5) is 8.78 Å². The van der Waals surface area contributed by atoms with Crippen molar-refractivity contribution in [3.8, 4) is 28.4 Å². The van der Waals surface area contributed by atoms with Crippen molar-refractivity contribution in [2.75, 3.05) is 6.54 Å². The molecule has 0 N–H and O–H groups in total. The molecule has 0 spiro atoms. The van der Waals surface area contributed by atoms with Crippen LogP contribution >= 0.6 is 0 Å². The molecule has 0 saturated heterocycles. The van der Waals surface area contributed by atoms with Crippen molar-refractivity contribution in [3.63, 3.8) is 0 Å². The number of imidazole rings is 1. The molecule has 0 aliphatic carbocycles. The molecule has 6 heteroatoms. The van der Waals surface area contributed by atoms with E-state index in [9.17, 15) is 8.78 Å². The number of benzene rings is 3. The van der Waals surface area contributed by atoms with Crippen molar-refractivity contribution in [1.29, 1.82) is 0 Å². The minimum absolute atomic E-state index is 0.180. The lowest BCUT2D eigenvalue weighted by Gasteiger charge is -2.25. The average molecular weight is 532 g/mol. The van der Waals surface area contributed by atoms with Gasteiger partial charge in [0.15, 0.2) is 0 Å². The molecular formula is C33H39F2N3O. The van der Waals surface area contributed by atoms with E-state index in [2.05, 4.69) is 83.5 Å². The molecule has 0 aliphatic heterocycles. The summed E-state index contributed by atoms with van der Waals surface area (Å²) in [6, 6.07) is 27.8. The number of unbranched alkanes of at least 4 members (excludes halogenated alkanes) is 1. The Morgan fingerprint density at radius 2 is 1.49 bits per heavy atom. The molecule has 0 atom stereocenters. The highest BCUT2D eigenvalue weighted by atomic mass is 19.3. The fourth-order valence-corrected chi connectivity index (χ4v) is 4.74. The molecular weight excluding hydrogens is 492 g/mol. The molecule has 0 unspecified atom stereocenters. The second-order valence-electron chi connectivity index (χ2n) is 10.4.